The van der Waals surface area contributed by atoms with Crippen LogP contribution < -0.4 is 0 Å². The first-order valence-electron chi connectivity index (χ1n) is 11.9. The van der Waals surface area contributed by atoms with E-state index in [9.17, 15) is 5.11 Å². The first-order chi connectivity index (χ1) is 17.8. The minimum absolute atomic E-state index is 0.217. The highest BCUT2D eigenvalue weighted by atomic mass is 16.3. The Morgan fingerprint density at radius 1 is 0.556 bits per heavy atom. The van der Waals surface area contributed by atoms with E-state index in [0.717, 1.165) is 50.1 Å². The van der Waals surface area contributed by atoms with Crippen molar-refractivity contribution in [2.24, 2.45) is 0 Å². The zero-order valence-electron chi connectivity index (χ0n) is 19.3. The van der Waals surface area contributed by atoms with Crippen LogP contribution in [-0.2, 0) is 0 Å². The lowest BCUT2D eigenvalue weighted by molar-refractivity contribution is 0.477. The molecule has 0 atom stereocenters. The van der Waals surface area contributed by atoms with Crippen LogP contribution in [0.15, 0.2) is 121 Å². The number of para-hydroxylation sites is 3. The number of aromatic hydroxyl groups is 1. The summed E-state index contributed by atoms with van der Waals surface area (Å²) in [5.41, 5.74) is 6.54. The van der Waals surface area contributed by atoms with Crippen molar-refractivity contribution in [3.63, 3.8) is 0 Å². The normalized spacial score (nSPS) is 11.4. The molecule has 4 aromatic carbocycles. The van der Waals surface area contributed by atoms with E-state index in [-0.39, 0.29) is 5.75 Å². The Bertz CT molecular complexity index is 1920. The maximum absolute atomic E-state index is 10.4. The zero-order chi connectivity index (χ0) is 24.1. The average Bonchev–Trinajstić information content (AvgIpc) is 3.27. The molecule has 0 bridgehead atoms. The lowest BCUT2D eigenvalue weighted by Gasteiger charge is -2.11. The number of hydrogen-bond acceptors (Lipinski definition) is 3. The lowest BCUT2D eigenvalue weighted by atomic mass is 10.1. The quantitative estimate of drug-likeness (QED) is 0.291. The Labute approximate surface area is 207 Å². The fourth-order valence-corrected chi connectivity index (χ4v) is 4.99. The molecule has 7 aromatic rings. The maximum atomic E-state index is 10.4. The Morgan fingerprint density at radius 2 is 1.36 bits per heavy atom. The number of aromatic nitrogens is 3. The van der Waals surface area contributed by atoms with Crippen molar-refractivity contribution in [2.45, 2.75) is 0 Å². The molecule has 4 nitrogen and oxygen atoms in total. The van der Waals surface area contributed by atoms with E-state index in [0.29, 0.717) is 5.56 Å². The molecule has 7 rings (SSSR count). The summed E-state index contributed by atoms with van der Waals surface area (Å²) in [7, 11) is 0. The molecule has 0 amide bonds. The van der Waals surface area contributed by atoms with Gasteiger partial charge in [0.2, 0.25) is 0 Å². The number of hydrogen-bond donors (Lipinski definition) is 1. The summed E-state index contributed by atoms with van der Waals surface area (Å²) in [6.45, 7) is 0. The molecule has 0 saturated heterocycles. The zero-order valence-corrected chi connectivity index (χ0v) is 19.3. The predicted octanol–water partition coefficient (Wildman–Crippen LogP) is 7.77. The van der Waals surface area contributed by atoms with Gasteiger partial charge in [-0.3, -0.25) is 4.57 Å². The molecule has 0 unspecified atom stereocenters. The molecule has 0 radical (unpaired) electrons. The van der Waals surface area contributed by atoms with Crippen LogP contribution in [0.4, 0.5) is 0 Å². The van der Waals surface area contributed by atoms with Gasteiger partial charge in [0.15, 0.2) is 0 Å². The van der Waals surface area contributed by atoms with E-state index < -0.39 is 0 Å². The Morgan fingerprint density at radius 3 is 2.31 bits per heavy atom. The molecule has 0 saturated carbocycles. The van der Waals surface area contributed by atoms with E-state index in [1.54, 1.807) is 6.07 Å². The van der Waals surface area contributed by atoms with Gasteiger partial charge in [-0.25, -0.2) is 9.97 Å². The van der Waals surface area contributed by atoms with Crippen molar-refractivity contribution in [2.75, 3.05) is 0 Å². The standard InChI is InChI=1S/C32H21N3O/c36-31-14-6-3-10-25(31)28-12-7-15-32(34-28)35-29-13-5-2-9-23(29)24-18-16-22(20-30(24)35)27-19-17-21-8-1-4-11-26(21)33-27/h1-20,36H. The summed E-state index contributed by atoms with van der Waals surface area (Å²) < 4.78 is 2.19. The van der Waals surface area contributed by atoms with Gasteiger partial charge in [-0.05, 0) is 48.5 Å². The molecule has 170 valence electrons. The van der Waals surface area contributed by atoms with Gasteiger partial charge in [-0.15, -0.1) is 0 Å². The predicted molar refractivity (Wildman–Crippen MR) is 146 cm³/mol. The largest absolute Gasteiger partial charge is 0.507 e. The summed E-state index contributed by atoms with van der Waals surface area (Å²) in [5.74, 6) is 1.01. The molecule has 3 heterocycles. The number of rotatable bonds is 3. The topological polar surface area (TPSA) is 50.9 Å². The van der Waals surface area contributed by atoms with Gasteiger partial charge in [0, 0.05) is 27.3 Å². The number of benzene rings is 4. The summed E-state index contributed by atoms with van der Waals surface area (Å²) in [4.78, 5) is 9.90. The second kappa shape index (κ2) is 8.07. The van der Waals surface area contributed by atoms with Crippen LogP contribution in [0.3, 0.4) is 0 Å². The van der Waals surface area contributed by atoms with Crippen molar-refractivity contribution >= 4 is 32.7 Å². The number of fused-ring (bicyclic) bond motifs is 4. The lowest BCUT2D eigenvalue weighted by Crippen LogP contribution is -1.98. The highest BCUT2D eigenvalue weighted by Gasteiger charge is 2.15. The van der Waals surface area contributed by atoms with Crippen LogP contribution in [-0.4, -0.2) is 19.6 Å². The fourth-order valence-electron chi connectivity index (χ4n) is 4.99. The molecular weight excluding hydrogens is 442 g/mol. The average molecular weight is 464 g/mol. The van der Waals surface area contributed by atoms with E-state index in [2.05, 4.69) is 65.2 Å². The van der Waals surface area contributed by atoms with Crippen molar-refractivity contribution < 1.29 is 5.11 Å². The van der Waals surface area contributed by atoms with Crippen molar-refractivity contribution in [3.05, 3.63) is 121 Å². The summed E-state index contributed by atoms with van der Waals surface area (Å²) in [6, 6.07) is 40.5. The highest BCUT2D eigenvalue weighted by molar-refractivity contribution is 6.10. The summed E-state index contributed by atoms with van der Waals surface area (Å²) in [6.07, 6.45) is 0. The number of phenols is 1. The first-order valence-corrected chi connectivity index (χ1v) is 11.9. The highest BCUT2D eigenvalue weighted by Crippen LogP contribution is 2.35. The molecule has 4 heteroatoms. The van der Waals surface area contributed by atoms with E-state index >= 15 is 0 Å². The van der Waals surface area contributed by atoms with Gasteiger partial charge in [0.25, 0.3) is 0 Å². The first kappa shape index (κ1) is 20.4. The monoisotopic (exact) mass is 463 g/mol. The van der Waals surface area contributed by atoms with Crippen LogP contribution in [0.25, 0.3) is 61.0 Å². The van der Waals surface area contributed by atoms with Gasteiger partial charge >= 0.3 is 0 Å². The minimum Gasteiger partial charge on any atom is -0.507 e. The summed E-state index contributed by atoms with van der Waals surface area (Å²) >= 11 is 0. The Kier molecular flexibility index (Phi) is 4.57. The molecule has 36 heavy (non-hydrogen) atoms. The molecule has 0 aliphatic carbocycles. The van der Waals surface area contributed by atoms with Crippen molar-refractivity contribution in [1.82, 2.24) is 14.5 Å². The van der Waals surface area contributed by atoms with Gasteiger partial charge < -0.3 is 5.11 Å². The van der Waals surface area contributed by atoms with Gasteiger partial charge in [0.1, 0.15) is 11.6 Å². The minimum atomic E-state index is 0.217. The SMILES string of the molecule is Oc1ccccc1-c1cccc(-n2c3ccccc3c3ccc(-c4ccc5ccccc5n4)cc32)n1. The van der Waals surface area contributed by atoms with Gasteiger partial charge in [-0.1, -0.05) is 72.8 Å². The molecule has 1 N–H and O–H groups in total. The van der Waals surface area contributed by atoms with Crippen LogP contribution in [0.1, 0.15) is 0 Å². The van der Waals surface area contributed by atoms with Crippen LogP contribution in [0.5, 0.6) is 5.75 Å². The molecular formula is C32H21N3O. The van der Waals surface area contributed by atoms with Gasteiger partial charge in [-0.2, -0.15) is 0 Å². The number of phenolic OH excluding ortho intramolecular Hbond substituents is 1. The Balaban J connectivity index is 1.47. The number of nitrogens with zero attached hydrogens (tertiary/aromatic N) is 3. The van der Waals surface area contributed by atoms with E-state index in [1.165, 1.54) is 5.39 Å². The third-order valence-electron chi connectivity index (χ3n) is 6.71. The third-order valence-corrected chi connectivity index (χ3v) is 6.71. The summed E-state index contributed by atoms with van der Waals surface area (Å²) in [5, 5.41) is 13.9. The van der Waals surface area contributed by atoms with Crippen molar-refractivity contribution in [1.29, 1.82) is 0 Å². The van der Waals surface area contributed by atoms with Crippen LogP contribution in [0.2, 0.25) is 0 Å². The van der Waals surface area contributed by atoms with E-state index in [4.69, 9.17) is 9.97 Å². The Hall–Kier alpha value is -4.96. The van der Waals surface area contributed by atoms with Crippen molar-refractivity contribution in [3.8, 4) is 34.1 Å². The molecule has 3 aromatic heterocycles. The third kappa shape index (κ3) is 3.23. The van der Waals surface area contributed by atoms with E-state index in [1.807, 2.05) is 54.6 Å². The van der Waals surface area contributed by atoms with Gasteiger partial charge in [0.05, 0.1) is 27.9 Å². The smallest absolute Gasteiger partial charge is 0.138 e. The second-order valence-corrected chi connectivity index (χ2v) is 8.87. The second-order valence-electron chi connectivity index (χ2n) is 8.87. The van der Waals surface area contributed by atoms with Crippen LogP contribution >= 0.6 is 0 Å². The van der Waals surface area contributed by atoms with Crippen LogP contribution in [0, 0.1) is 0 Å². The molecule has 0 aliphatic heterocycles. The molecule has 0 aliphatic rings. The maximum Gasteiger partial charge on any atom is 0.138 e. The fraction of sp³-hybridized carbons (Fsp3) is 0. The molecule has 0 spiro atoms. The molecule has 0 fully saturated rings. The number of pyridine rings is 2.